The van der Waals surface area contributed by atoms with Crippen LogP contribution in [0.4, 0.5) is 5.82 Å². The van der Waals surface area contributed by atoms with Crippen molar-refractivity contribution in [1.29, 1.82) is 0 Å². The molecule has 6 nitrogen and oxygen atoms in total. The van der Waals surface area contributed by atoms with Crippen LogP contribution < -0.4 is 15.8 Å². The van der Waals surface area contributed by atoms with Crippen molar-refractivity contribution in [2.45, 2.75) is 13.3 Å². The Morgan fingerprint density at radius 1 is 1.33 bits per heavy atom. The number of carbonyl (C=O) groups is 1. The Morgan fingerprint density at radius 3 is 2.62 bits per heavy atom. The van der Waals surface area contributed by atoms with Crippen LogP contribution in [0.2, 0.25) is 0 Å². The van der Waals surface area contributed by atoms with Gasteiger partial charge >= 0.3 is 0 Å². The number of nitrogen functional groups attached to an aromatic ring is 1. The third-order valence-electron chi connectivity index (χ3n) is 2.95. The molecule has 0 fully saturated rings. The van der Waals surface area contributed by atoms with Crippen molar-refractivity contribution >= 4 is 11.7 Å². The first-order valence-electron chi connectivity index (χ1n) is 6.70. The van der Waals surface area contributed by atoms with Crippen molar-refractivity contribution in [2.75, 3.05) is 19.4 Å². The van der Waals surface area contributed by atoms with Gasteiger partial charge in [0.05, 0.1) is 12.7 Å². The molecule has 2 rings (SSSR count). The van der Waals surface area contributed by atoms with Gasteiger partial charge in [-0.15, -0.1) is 0 Å². The predicted molar refractivity (Wildman–Crippen MR) is 81.1 cm³/mol. The number of ether oxygens (including phenoxy) is 1. The van der Waals surface area contributed by atoms with E-state index in [1.165, 1.54) is 6.20 Å². The summed E-state index contributed by atoms with van der Waals surface area (Å²) in [6.45, 7) is 2.57. The third-order valence-corrected chi connectivity index (χ3v) is 2.95. The van der Waals surface area contributed by atoms with Gasteiger partial charge < -0.3 is 15.8 Å². The molecule has 0 unspecified atom stereocenters. The Hall–Kier alpha value is -2.63. The highest BCUT2D eigenvalue weighted by atomic mass is 16.5. The minimum Gasteiger partial charge on any atom is -0.497 e. The monoisotopic (exact) mass is 286 g/mol. The van der Waals surface area contributed by atoms with Gasteiger partial charge in [-0.2, -0.15) is 0 Å². The molecular weight excluding hydrogens is 268 g/mol. The second-order valence-electron chi connectivity index (χ2n) is 4.48. The van der Waals surface area contributed by atoms with E-state index in [1.54, 1.807) is 7.11 Å². The fourth-order valence-electron chi connectivity index (χ4n) is 1.78. The molecule has 3 N–H and O–H groups in total. The van der Waals surface area contributed by atoms with Crippen LogP contribution in [0.25, 0.3) is 11.4 Å². The summed E-state index contributed by atoms with van der Waals surface area (Å²) in [5.41, 5.74) is 6.95. The van der Waals surface area contributed by atoms with Gasteiger partial charge in [0.15, 0.2) is 5.82 Å². The smallest absolute Gasteiger partial charge is 0.256 e. The molecule has 0 bridgehead atoms. The highest BCUT2D eigenvalue weighted by Crippen LogP contribution is 2.20. The number of hydrogen-bond acceptors (Lipinski definition) is 5. The van der Waals surface area contributed by atoms with Crippen molar-refractivity contribution in [3.8, 4) is 17.1 Å². The molecule has 6 heteroatoms. The minimum atomic E-state index is -0.254. The summed E-state index contributed by atoms with van der Waals surface area (Å²) in [6, 6.07) is 7.31. The number of aromatic nitrogens is 2. The average molecular weight is 286 g/mol. The van der Waals surface area contributed by atoms with Gasteiger partial charge in [0.2, 0.25) is 0 Å². The molecule has 1 aromatic heterocycles. The number of benzene rings is 1. The van der Waals surface area contributed by atoms with Crippen LogP contribution >= 0.6 is 0 Å². The number of nitrogens with two attached hydrogens (primary N) is 1. The number of amides is 1. The van der Waals surface area contributed by atoms with Crippen LogP contribution in [-0.4, -0.2) is 29.5 Å². The summed E-state index contributed by atoms with van der Waals surface area (Å²) in [5.74, 6) is 1.14. The lowest BCUT2D eigenvalue weighted by Gasteiger charge is -2.07. The van der Waals surface area contributed by atoms with Crippen LogP contribution in [0, 0.1) is 0 Å². The second kappa shape index (κ2) is 6.69. The predicted octanol–water partition coefficient (Wildman–Crippen LogP) is 1.87. The summed E-state index contributed by atoms with van der Waals surface area (Å²) in [5, 5.41) is 2.75. The van der Waals surface area contributed by atoms with Gasteiger partial charge in [0.25, 0.3) is 5.91 Å². The van der Waals surface area contributed by atoms with Crippen molar-refractivity contribution in [3.05, 3.63) is 36.0 Å². The standard InChI is InChI=1S/C15H18N4O2/c1-3-8-17-15(20)12-9-18-14(19-13(12)16)10-4-6-11(21-2)7-5-10/h4-7,9H,3,8H2,1-2H3,(H,17,20)(H2,16,18,19). The first-order chi connectivity index (χ1) is 10.2. The fourth-order valence-corrected chi connectivity index (χ4v) is 1.78. The highest BCUT2D eigenvalue weighted by molar-refractivity contribution is 5.98. The number of rotatable bonds is 5. The maximum Gasteiger partial charge on any atom is 0.256 e. The fraction of sp³-hybridized carbons (Fsp3) is 0.267. The van der Waals surface area contributed by atoms with Crippen molar-refractivity contribution in [1.82, 2.24) is 15.3 Å². The van der Waals surface area contributed by atoms with E-state index in [4.69, 9.17) is 10.5 Å². The number of methoxy groups -OCH3 is 1. The average Bonchev–Trinajstić information content (AvgIpc) is 2.52. The maximum absolute atomic E-state index is 11.9. The van der Waals surface area contributed by atoms with E-state index in [1.807, 2.05) is 31.2 Å². The molecule has 0 saturated heterocycles. The molecule has 0 aliphatic rings. The maximum atomic E-state index is 11.9. The van der Waals surface area contributed by atoms with Crippen LogP contribution in [0.3, 0.4) is 0 Å². The summed E-state index contributed by atoms with van der Waals surface area (Å²) < 4.78 is 5.10. The van der Waals surface area contributed by atoms with Gasteiger partial charge in [-0.25, -0.2) is 9.97 Å². The molecule has 0 atom stereocenters. The Kier molecular flexibility index (Phi) is 4.71. The first-order valence-corrected chi connectivity index (χ1v) is 6.70. The molecule has 21 heavy (non-hydrogen) atoms. The summed E-state index contributed by atoms with van der Waals surface area (Å²) in [7, 11) is 1.60. The molecule has 1 heterocycles. The van der Waals surface area contributed by atoms with Crippen molar-refractivity contribution < 1.29 is 9.53 Å². The summed E-state index contributed by atoms with van der Waals surface area (Å²) in [4.78, 5) is 20.3. The Morgan fingerprint density at radius 2 is 2.05 bits per heavy atom. The second-order valence-corrected chi connectivity index (χ2v) is 4.48. The Balaban J connectivity index is 2.23. The lowest BCUT2D eigenvalue weighted by molar-refractivity contribution is 0.0954. The number of nitrogens with one attached hydrogen (secondary N) is 1. The molecule has 1 aromatic carbocycles. The number of carbonyl (C=O) groups excluding carboxylic acids is 1. The van der Waals surface area contributed by atoms with E-state index in [9.17, 15) is 4.79 Å². The normalized spacial score (nSPS) is 10.2. The molecule has 0 radical (unpaired) electrons. The number of hydrogen-bond donors (Lipinski definition) is 2. The zero-order valence-electron chi connectivity index (χ0n) is 12.1. The van der Waals surface area contributed by atoms with Crippen LogP contribution in [0.5, 0.6) is 5.75 Å². The van der Waals surface area contributed by atoms with E-state index in [2.05, 4.69) is 15.3 Å². The molecule has 0 saturated carbocycles. The van der Waals surface area contributed by atoms with Crippen LogP contribution in [0.1, 0.15) is 23.7 Å². The molecule has 110 valence electrons. The van der Waals surface area contributed by atoms with Crippen LogP contribution in [0.15, 0.2) is 30.5 Å². The van der Waals surface area contributed by atoms with Gasteiger partial charge in [-0.1, -0.05) is 6.92 Å². The molecule has 0 aliphatic carbocycles. The van der Waals surface area contributed by atoms with Gasteiger partial charge in [0, 0.05) is 18.3 Å². The molecule has 0 spiro atoms. The largest absolute Gasteiger partial charge is 0.497 e. The van der Waals surface area contributed by atoms with Crippen molar-refractivity contribution in [2.24, 2.45) is 0 Å². The van der Waals surface area contributed by atoms with E-state index in [0.717, 1.165) is 17.7 Å². The van der Waals surface area contributed by atoms with Crippen LogP contribution in [-0.2, 0) is 0 Å². The molecule has 2 aromatic rings. The van der Waals surface area contributed by atoms with E-state index < -0.39 is 0 Å². The Labute approximate surface area is 123 Å². The minimum absolute atomic E-state index is 0.171. The van der Waals surface area contributed by atoms with E-state index >= 15 is 0 Å². The summed E-state index contributed by atoms with van der Waals surface area (Å²) in [6.07, 6.45) is 2.31. The number of nitrogens with zero attached hydrogens (tertiary/aromatic N) is 2. The summed E-state index contributed by atoms with van der Waals surface area (Å²) >= 11 is 0. The lowest BCUT2D eigenvalue weighted by Crippen LogP contribution is -2.25. The van der Waals surface area contributed by atoms with Gasteiger partial charge in [-0.05, 0) is 30.7 Å². The number of anilines is 1. The topological polar surface area (TPSA) is 90.1 Å². The van der Waals surface area contributed by atoms with Crippen molar-refractivity contribution in [3.63, 3.8) is 0 Å². The van der Waals surface area contributed by atoms with Gasteiger partial charge in [-0.3, -0.25) is 4.79 Å². The molecular formula is C15H18N4O2. The zero-order chi connectivity index (χ0) is 15.2. The van der Waals surface area contributed by atoms with E-state index in [0.29, 0.717) is 17.9 Å². The quantitative estimate of drug-likeness (QED) is 0.875. The molecule has 1 amide bonds. The van der Waals surface area contributed by atoms with E-state index in [-0.39, 0.29) is 11.7 Å². The SMILES string of the molecule is CCCNC(=O)c1cnc(-c2ccc(OC)cc2)nc1N. The third kappa shape index (κ3) is 3.47. The lowest BCUT2D eigenvalue weighted by atomic mass is 10.2. The Bertz CT molecular complexity index is 626. The molecule has 0 aliphatic heterocycles. The zero-order valence-corrected chi connectivity index (χ0v) is 12.1. The highest BCUT2D eigenvalue weighted by Gasteiger charge is 2.12. The first kappa shape index (κ1) is 14.8. The van der Waals surface area contributed by atoms with Gasteiger partial charge in [0.1, 0.15) is 11.6 Å².